The average Bonchev–Trinajstić information content (AvgIpc) is 3.22. The van der Waals surface area contributed by atoms with Crippen molar-refractivity contribution in [2.24, 2.45) is 4.99 Å². The van der Waals surface area contributed by atoms with E-state index in [4.69, 9.17) is 4.74 Å². The number of hydrogen-bond donors (Lipinski definition) is 2. The number of benzene rings is 2. The first kappa shape index (κ1) is 23.7. The summed E-state index contributed by atoms with van der Waals surface area (Å²) in [6.45, 7) is 3.66. The van der Waals surface area contributed by atoms with Gasteiger partial charge in [-0.15, -0.1) is 24.0 Å². The van der Waals surface area contributed by atoms with Crippen LogP contribution < -0.4 is 15.4 Å². The van der Waals surface area contributed by atoms with Crippen molar-refractivity contribution in [2.75, 3.05) is 27.2 Å². The van der Waals surface area contributed by atoms with Gasteiger partial charge >= 0.3 is 0 Å². The van der Waals surface area contributed by atoms with E-state index in [-0.39, 0.29) is 24.0 Å². The molecule has 6 nitrogen and oxygen atoms in total. The van der Waals surface area contributed by atoms with Gasteiger partial charge in [0.25, 0.3) is 0 Å². The summed E-state index contributed by atoms with van der Waals surface area (Å²) in [5.41, 5.74) is 4.68. The highest BCUT2D eigenvalue weighted by Crippen LogP contribution is 2.19. The van der Waals surface area contributed by atoms with Crippen molar-refractivity contribution in [3.63, 3.8) is 0 Å². The Morgan fingerprint density at radius 1 is 1.07 bits per heavy atom. The molecule has 2 aromatic carbocycles. The maximum atomic E-state index is 5.45. The molecule has 0 amide bonds. The predicted octanol–water partition coefficient (Wildman–Crippen LogP) is 3.76. The van der Waals surface area contributed by atoms with Gasteiger partial charge < -0.3 is 15.4 Å². The molecule has 0 bridgehead atoms. The Morgan fingerprint density at radius 3 is 2.50 bits per heavy atom. The molecule has 0 aliphatic heterocycles. The van der Waals surface area contributed by atoms with Crippen LogP contribution in [-0.2, 0) is 12.8 Å². The topological polar surface area (TPSA) is 63.5 Å². The number of rotatable bonds is 8. The smallest absolute Gasteiger partial charge is 0.190 e. The SMILES string of the molecule is CN=C(NCCc1cnn(-c2ccccc2)c1)NCCc1cc(C)ccc1OC.I. The molecule has 3 aromatic rings. The van der Waals surface area contributed by atoms with Gasteiger partial charge in [0, 0.05) is 26.3 Å². The van der Waals surface area contributed by atoms with Crippen LogP contribution in [0.25, 0.3) is 5.69 Å². The quantitative estimate of drug-likeness (QED) is 0.270. The molecule has 0 radical (unpaired) electrons. The lowest BCUT2D eigenvalue weighted by Crippen LogP contribution is -2.39. The Morgan fingerprint density at radius 2 is 1.80 bits per heavy atom. The van der Waals surface area contributed by atoms with Gasteiger partial charge in [-0.1, -0.05) is 35.9 Å². The van der Waals surface area contributed by atoms with E-state index in [0.29, 0.717) is 0 Å². The van der Waals surface area contributed by atoms with Crippen molar-refractivity contribution in [1.29, 1.82) is 0 Å². The van der Waals surface area contributed by atoms with E-state index < -0.39 is 0 Å². The average molecular weight is 519 g/mol. The van der Waals surface area contributed by atoms with Gasteiger partial charge in [-0.05, 0) is 49.1 Å². The number of nitrogens with zero attached hydrogens (tertiary/aromatic N) is 3. The Labute approximate surface area is 195 Å². The highest BCUT2D eigenvalue weighted by Gasteiger charge is 2.05. The monoisotopic (exact) mass is 519 g/mol. The second kappa shape index (κ2) is 12.2. The Hall–Kier alpha value is -2.55. The van der Waals surface area contributed by atoms with E-state index in [1.807, 2.05) is 47.3 Å². The lowest BCUT2D eigenvalue weighted by Gasteiger charge is -2.13. The largest absolute Gasteiger partial charge is 0.496 e. The highest BCUT2D eigenvalue weighted by molar-refractivity contribution is 14.0. The fraction of sp³-hybridized carbons (Fsp3) is 0.304. The summed E-state index contributed by atoms with van der Waals surface area (Å²) in [6.07, 6.45) is 5.72. The molecule has 0 spiro atoms. The van der Waals surface area contributed by atoms with Gasteiger partial charge in [-0.2, -0.15) is 5.10 Å². The number of ether oxygens (including phenoxy) is 1. The summed E-state index contributed by atoms with van der Waals surface area (Å²) < 4.78 is 7.35. The zero-order valence-corrected chi connectivity index (χ0v) is 20.1. The molecule has 1 heterocycles. The number of nitrogens with one attached hydrogen (secondary N) is 2. The van der Waals surface area contributed by atoms with Crippen LogP contribution in [0.5, 0.6) is 5.75 Å². The number of aliphatic imine (C=N–C) groups is 1. The summed E-state index contributed by atoms with van der Waals surface area (Å²) in [7, 11) is 3.50. The standard InChI is InChI=1S/C23H29N5O.HI/c1-18-9-10-22(29-3)20(15-18)12-14-26-23(24-2)25-13-11-19-16-27-28(17-19)21-7-5-4-6-8-21;/h4-10,15-17H,11-14H2,1-3H3,(H2,24,25,26);1H. The lowest BCUT2D eigenvalue weighted by atomic mass is 10.1. The molecule has 3 rings (SSSR count). The lowest BCUT2D eigenvalue weighted by molar-refractivity contribution is 0.409. The molecule has 2 N–H and O–H groups in total. The van der Waals surface area contributed by atoms with Crippen molar-refractivity contribution < 1.29 is 4.74 Å². The molecular formula is C23H30IN5O. The molecule has 0 fully saturated rings. The maximum Gasteiger partial charge on any atom is 0.190 e. The van der Waals surface area contributed by atoms with E-state index in [1.54, 1.807) is 14.2 Å². The minimum Gasteiger partial charge on any atom is -0.496 e. The zero-order valence-electron chi connectivity index (χ0n) is 17.8. The second-order valence-electron chi connectivity index (χ2n) is 6.87. The number of aromatic nitrogens is 2. The fourth-order valence-corrected chi connectivity index (χ4v) is 3.18. The first-order valence-electron chi connectivity index (χ1n) is 9.86. The van der Waals surface area contributed by atoms with Crippen LogP contribution >= 0.6 is 24.0 Å². The van der Waals surface area contributed by atoms with E-state index in [1.165, 1.54) is 16.7 Å². The summed E-state index contributed by atoms with van der Waals surface area (Å²) in [4.78, 5) is 4.31. The molecule has 30 heavy (non-hydrogen) atoms. The maximum absolute atomic E-state index is 5.45. The minimum atomic E-state index is 0. The van der Waals surface area contributed by atoms with Crippen LogP contribution in [0.15, 0.2) is 65.9 Å². The summed E-state index contributed by atoms with van der Waals surface area (Å²) in [5, 5.41) is 11.2. The molecule has 0 atom stereocenters. The normalized spacial score (nSPS) is 11.0. The van der Waals surface area contributed by atoms with E-state index in [0.717, 1.165) is 43.3 Å². The molecule has 160 valence electrons. The molecule has 1 aromatic heterocycles. The Bertz CT molecular complexity index is 940. The van der Waals surface area contributed by atoms with E-state index in [9.17, 15) is 0 Å². The van der Waals surface area contributed by atoms with Gasteiger partial charge in [-0.3, -0.25) is 4.99 Å². The number of halogens is 1. The number of para-hydroxylation sites is 1. The molecule has 0 saturated heterocycles. The fourth-order valence-electron chi connectivity index (χ4n) is 3.18. The van der Waals surface area contributed by atoms with Crippen LogP contribution in [0.1, 0.15) is 16.7 Å². The molecule has 7 heteroatoms. The zero-order chi connectivity index (χ0) is 20.5. The number of guanidine groups is 1. The van der Waals surface area contributed by atoms with E-state index >= 15 is 0 Å². The van der Waals surface area contributed by atoms with Crippen molar-refractivity contribution in [2.45, 2.75) is 19.8 Å². The van der Waals surface area contributed by atoms with Gasteiger partial charge in [0.2, 0.25) is 0 Å². The Kier molecular flexibility index (Phi) is 9.66. The van der Waals surface area contributed by atoms with Crippen LogP contribution in [0.4, 0.5) is 0 Å². The minimum absolute atomic E-state index is 0. The third kappa shape index (κ3) is 6.76. The van der Waals surface area contributed by atoms with Gasteiger partial charge in [0.15, 0.2) is 5.96 Å². The summed E-state index contributed by atoms with van der Waals surface area (Å²) in [5.74, 6) is 1.72. The van der Waals surface area contributed by atoms with E-state index in [2.05, 4.69) is 46.0 Å². The van der Waals surface area contributed by atoms with Gasteiger partial charge in [-0.25, -0.2) is 4.68 Å². The predicted molar refractivity (Wildman–Crippen MR) is 133 cm³/mol. The van der Waals surface area contributed by atoms with Crippen LogP contribution in [-0.4, -0.2) is 43.0 Å². The molecule has 0 saturated carbocycles. The summed E-state index contributed by atoms with van der Waals surface area (Å²) >= 11 is 0. The number of hydrogen-bond acceptors (Lipinski definition) is 3. The third-order valence-corrected chi connectivity index (χ3v) is 4.71. The number of methoxy groups -OCH3 is 1. The molecule has 0 aliphatic carbocycles. The first-order valence-corrected chi connectivity index (χ1v) is 9.86. The number of aryl methyl sites for hydroxylation is 1. The van der Waals surface area contributed by atoms with Crippen molar-refractivity contribution >= 4 is 29.9 Å². The Balaban J connectivity index is 0.00000320. The van der Waals surface area contributed by atoms with Crippen LogP contribution in [0.3, 0.4) is 0 Å². The van der Waals surface area contributed by atoms with Gasteiger partial charge in [0.05, 0.1) is 19.0 Å². The van der Waals surface area contributed by atoms with Crippen LogP contribution in [0, 0.1) is 6.92 Å². The third-order valence-electron chi connectivity index (χ3n) is 4.71. The van der Waals surface area contributed by atoms with Crippen molar-refractivity contribution in [3.8, 4) is 11.4 Å². The van der Waals surface area contributed by atoms with Crippen molar-refractivity contribution in [1.82, 2.24) is 20.4 Å². The first-order chi connectivity index (χ1) is 14.2. The molecular weight excluding hydrogens is 489 g/mol. The molecule has 0 aliphatic rings. The second-order valence-corrected chi connectivity index (χ2v) is 6.87. The van der Waals surface area contributed by atoms with Crippen molar-refractivity contribution in [3.05, 3.63) is 77.6 Å². The summed E-state index contributed by atoms with van der Waals surface area (Å²) in [6, 6.07) is 16.4. The molecule has 0 unspecified atom stereocenters. The highest BCUT2D eigenvalue weighted by atomic mass is 127. The van der Waals surface area contributed by atoms with Crippen LogP contribution in [0.2, 0.25) is 0 Å². The van der Waals surface area contributed by atoms with Gasteiger partial charge in [0.1, 0.15) is 5.75 Å².